The Morgan fingerprint density at radius 1 is 1.56 bits per heavy atom. The summed E-state index contributed by atoms with van der Waals surface area (Å²) in [5, 5.41) is 0. The van der Waals surface area contributed by atoms with Crippen LogP contribution in [0.3, 0.4) is 0 Å². The van der Waals surface area contributed by atoms with Crippen molar-refractivity contribution in [3.63, 3.8) is 0 Å². The summed E-state index contributed by atoms with van der Waals surface area (Å²) < 4.78 is 0. The highest BCUT2D eigenvalue weighted by atomic mass is 15.1. The second kappa shape index (κ2) is 5.83. The van der Waals surface area contributed by atoms with Crippen LogP contribution in [0.2, 0.25) is 0 Å². The summed E-state index contributed by atoms with van der Waals surface area (Å²) in [4.78, 5) is 2.15. The first-order chi connectivity index (χ1) is 4.31. The monoisotopic (exact) mass is 126 g/mol. The molecule has 0 bridgehead atoms. The fourth-order valence-electron chi connectivity index (χ4n) is 0.628. The van der Waals surface area contributed by atoms with Crippen LogP contribution in [0.4, 0.5) is 0 Å². The van der Waals surface area contributed by atoms with Gasteiger partial charge in [0.15, 0.2) is 0 Å². The first kappa shape index (κ1) is 8.70. The molecule has 0 fully saturated rings. The van der Waals surface area contributed by atoms with E-state index < -0.39 is 0 Å². The van der Waals surface area contributed by atoms with E-state index in [1.54, 1.807) is 0 Å². The molecule has 0 N–H and O–H groups in total. The van der Waals surface area contributed by atoms with Crippen LogP contribution in [0.5, 0.6) is 0 Å². The maximum absolute atomic E-state index is 3.65. The fourth-order valence-corrected chi connectivity index (χ4v) is 0.628. The zero-order chi connectivity index (χ0) is 7.11. The summed E-state index contributed by atoms with van der Waals surface area (Å²) in [6.07, 6.45) is 4.30. The third kappa shape index (κ3) is 5.57. The van der Waals surface area contributed by atoms with Crippen LogP contribution in [0.15, 0.2) is 12.7 Å². The molecule has 0 aliphatic heterocycles. The number of unbranched alkanes of at least 4 members (excludes halogenated alkanes) is 1. The molecule has 1 radical (unpaired) electrons. The Balaban J connectivity index is 3.04. The van der Waals surface area contributed by atoms with Crippen molar-refractivity contribution in [2.24, 2.45) is 0 Å². The van der Waals surface area contributed by atoms with Crippen molar-refractivity contribution >= 4 is 0 Å². The van der Waals surface area contributed by atoms with Crippen LogP contribution in [0.1, 0.15) is 19.8 Å². The molecule has 0 unspecified atom stereocenters. The second-order valence-electron chi connectivity index (χ2n) is 2.20. The van der Waals surface area contributed by atoms with Gasteiger partial charge in [-0.05, 0) is 13.5 Å². The quantitative estimate of drug-likeness (QED) is 0.510. The molecule has 53 valence electrons. The first-order valence-corrected chi connectivity index (χ1v) is 3.45. The molecule has 0 aromatic heterocycles. The maximum Gasteiger partial charge on any atom is 0.0251 e. The van der Waals surface area contributed by atoms with Crippen molar-refractivity contribution in [3.8, 4) is 0 Å². The van der Waals surface area contributed by atoms with Crippen molar-refractivity contribution in [2.75, 3.05) is 13.6 Å². The van der Waals surface area contributed by atoms with Crippen LogP contribution in [0.25, 0.3) is 0 Å². The molecule has 9 heavy (non-hydrogen) atoms. The number of likely N-dealkylation sites (N-methyl/N-ethyl adjacent to an activating group) is 1. The molecule has 0 aromatic carbocycles. The smallest absolute Gasteiger partial charge is 0.0251 e. The maximum atomic E-state index is 3.65. The van der Waals surface area contributed by atoms with Gasteiger partial charge in [-0.1, -0.05) is 19.4 Å². The van der Waals surface area contributed by atoms with E-state index in [1.165, 1.54) is 12.8 Å². The topological polar surface area (TPSA) is 3.24 Å². The molecule has 1 nitrogen and oxygen atoms in total. The van der Waals surface area contributed by atoms with E-state index in [2.05, 4.69) is 32.0 Å². The fraction of sp³-hybridized carbons (Fsp3) is 0.625. The largest absolute Gasteiger partial charge is 0.298 e. The lowest BCUT2D eigenvalue weighted by molar-refractivity contribution is 0.432. The standard InChI is InChI=1S/C8H16N/c1-4-6-8-9(3)7-5-2/h5,8H,2,4,6-7H2,1,3H3. The van der Waals surface area contributed by atoms with E-state index >= 15 is 0 Å². The summed E-state index contributed by atoms with van der Waals surface area (Å²) >= 11 is 0. The molecule has 0 saturated carbocycles. The van der Waals surface area contributed by atoms with Gasteiger partial charge < -0.3 is 0 Å². The second-order valence-corrected chi connectivity index (χ2v) is 2.20. The van der Waals surface area contributed by atoms with E-state index in [-0.39, 0.29) is 0 Å². The Morgan fingerprint density at radius 3 is 2.67 bits per heavy atom. The van der Waals surface area contributed by atoms with E-state index in [0.717, 1.165) is 6.54 Å². The molecule has 0 aliphatic carbocycles. The normalized spacial score (nSPS) is 10.1. The van der Waals surface area contributed by atoms with Gasteiger partial charge in [0.1, 0.15) is 0 Å². The Bertz CT molecular complexity index is 69.0. The molecule has 0 rings (SSSR count). The van der Waals surface area contributed by atoms with Crippen LogP contribution < -0.4 is 0 Å². The molecular formula is C8H16N. The van der Waals surface area contributed by atoms with Gasteiger partial charge >= 0.3 is 0 Å². The van der Waals surface area contributed by atoms with E-state index in [0.29, 0.717) is 0 Å². The average Bonchev–Trinajstić information content (AvgIpc) is 1.85. The lowest BCUT2D eigenvalue weighted by atomic mass is 10.3. The molecule has 0 amide bonds. The Labute approximate surface area is 58.4 Å². The zero-order valence-corrected chi connectivity index (χ0v) is 6.43. The van der Waals surface area contributed by atoms with Gasteiger partial charge in [0, 0.05) is 13.1 Å². The van der Waals surface area contributed by atoms with Crippen molar-refractivity contribution in [2.45, 2.75) is 19.8 Å². The first-order valence-electron chi connectivity index (χ1n) is 3.45. The van der Waals surface area contributed by atoms with Crippen LogP contribution in [-0.2, 0) is 0 Å². The lowest BCUT2D eigenvalue weighted by Crippen LogP contribution is -2.13. The Morgan fingerprint density at radius 2 is 2.22 bits per heavy atom. The highest BCUT2D eigenvalue weighted by Gasteiger charge is 1.91. The van der Waals surface area contributed by atoms with E-state index in [4.69, 9.17) is 0 Å². The van der Waals surface area contributed by atoms with Gasteiger partial charge in [-0.15, -0.1) is 6.58 Å². The summed E-state index contributed by atoms with van der Waals surface area (Å²) in [6, 6.07) is 0. The molecule has 0 heterocycles. The summed E-state index contributed by atoms with van der Waals surface area (Å²) in [6.45, 7) is 8.98. The summed E-state index contributed by atoms with van der Waals surface area (Å²) in [5.41, 5.74) is 0. The molecule has 0 aromatic rings. The number of hydrogen-bond donors (Lipinski definition) is 0. The number of nitrogens with zero attached hydrogens (tertiary/aromatic N) is 1. The Kier molecular flexibility index (Phi) is 5.64. The van der Waals surface area contributed by atoms with E-state index in [9.17, 15) is 0 Å². The minimum absolute atomic E-state index is 0.958. The average molecular weight is 126 g/mol. The third-order valence-corrected chi connectivity index (χ3v) is 1.15. The van der Waals surface area contributed by atoms with Crippen molar-refractivity contribution < 1.29 is 0 Å². The minimum atomic E-state index is 0.958. The molecule has 0 spiro atoms. The third-order valence-electron chi connectivity index (χ3n) is 1.15. The zero-order valence-electron chi connectivity index (χ0n) is 6.43. The summed E-state index contributed by atoms with van der Waals surface area (Å²) in [5.74, 6) is 0. The van der Waals surface area contributed by atoms with Crippen molar-refractivity contribution in [1.29, 1.82) is 0 Å². The molecule has 0 aliphatic rings. The molecule has 1 heteroatoms. The van der Waals surface area contributed by atoms with Crippen LogP contribution >= 0.6 is 0 Å². The number of rotatable bonds is 5. The predicted molar refractivity (Wildman–Crippen MR) is 42.0 cm³/mol. The molecule has 0 atom stereocenters. The van der Waals surface area contributed by atoms with Crippen LogP contribution in [-0.4, -0.2) is 18.5 Å². The summed E-state index contributed by atoms with van der Waals surface area (Å²) in [7, 11) is 2.07. The highest BCUT2D eigenvalue weighted by molar-refractivity contribution is 4.75. The van der Waals surface area contributed by atoms with Gasteiger partial charge in [-0.3, -0.25) is 4.90 Å². The van der Waals surface area contributed by atoms with Crippen molar-refractivity contribution in [3.05, 3.63) is 19.2 Å². The molecular weight excluding hydrogens is 110 g/mol. The Hall–Kier alpha value is -0.300. The van der Waals surface area contributed by atoms with Gasteiger partial charge in [0.05, 0.1) is 0 Å². The van der Waals surface area contributed by atoms with Crippen LogP contribution in [0, 0.1) is 6.54 Å². The lowest BCUT2D eigenvalue weighted by Gasteiger charge is -2.11. The van der Waals surface area contributed by atoms with Gasteiger partial charge in [-0.2, -0.15) is 0 Å². The predicted octanol–water partition coefficient (Wildman–Crippen LogP) is 2.07. The highest BCUT2D eigenvalue weighted by Crippen LogP contribution is 1.96. The minimum Gasteiger partial charge on any atom is -0.298 e. The van der Waals surface area contributed by atoms with Gasteiger partial charge in [-0.25, -0.2) is 0 Å². The van der Waals surface area contributed by atoms with Crippen molar-refractivity contribution in [1.82, 2.24) is 4.90 Å². The molecule has 0 saturated heterocycles. The van der Waals surface area contributed by atoms with Gasteiger partial charge in [0.2, 0.25) is 0 Å². The van der Waals surface area contributed by atoms with E-state index in [1.807, 2.05) is 6.08 Å². The SMILES string of the molecule is C=CCN(C)[CH]CCC. The number of hydrogen-bond acceptors (Lipinski definition) is 1. The van der Waals surface area contributed by atoms with Gasteiger partial charge in [0.25, 0.3) is 0 Å².